The van der Waals surface area contributed by atoms with Gasteiger partial charge in [-0.2, -0.15) is 5.10 Å². The van der Waals surface area contributed by atoms with Crippen LogP contribution in [0.1, 0.15) is 88.8 Å². The molecular formula is C17H31N3O. The maximum atomic E-state index is 8.86. The van der Waals surface area contributed by atoms with E-state index in [-0.39, 0.29) is 0 Å². The maximum absolute atomic E-state index is 8.86. The average Bonchev–Trinajstić information content (AvgIpc) is 2.84. The lowest BCUT2D eigenvalue weighted by Gasteiger charge is -2.16. The molecule has 0 aliphatic carbocycles. The quantitative estimate of drug-likeness (QED) is 0.274. The van der Waals surface area contributed by atoms with Gasteiger partial charge in [0.1, 0.15) is 0 Å². The van der Waals surface area contributed by atoms with Crippen LogP contribution < -0.4 is 0 Å². The molecule has 1 aromatic rings. The number of unbranched alkanes of at least 4 members (excludes halogenated alkanes) is 5. The van der Waals surface area contributed by atoms with Crippen molar-refractivity contribution in [3.05, 3.63) is 17.5 Å². The summed E-state index contributed by atoms with van der Waals surface area (Å²) in [4.78, 5) is 0. The normalized spacial score (nSPS) is 13.1. The van der Waals surface area contributed by atoms with Crippen molar-refractivity contribution < 1.29 is 5.21 Å². The molecule has 0 fully saturated rings. The van der Waals surface area contributed by atoms with Gasteiger partial charge in [0, 0.05) is 12.6 Å². The molecule has 21 heavy (non-hydrogen) atoms. The number of oxime groups is 1. The lowest BCUT2D eigenvalue weighted by molar-refractivity contribution is 0.321. The van der Waals surface area contributed by atoms with Crippen molar-refractivity contribution in [2.45, 2.75) is 77.6 Å². The third-order valence-electron chi connectivity index (χ3n) is 4.20. The van der Waals surface area contributed by atoms with E-state index in [1.54, 1.807) is 4.68 Å². The minimum absolute atomic E-state index is 0.537. The Balaban J connectivity index is 2.74. The van der Waals surface area contributed by atoms with Crippen molar-refractivity contribution in [2.75, 3.05) is 0 Å². The van der Waals surface area contributed by atoms with Crippen LogP contribution >= 0.6 is 0 Å². The third-order valence-corrected chi connectivity index (χ3v) is 4.20. The SMILES string of the molecule is CCCCCCC(CCCCC)c1cnn(C)c1/C=N/O. The fraction of sp³-hybridized carbons (Fsp3) is 0.765. The van der Waals surface area contributed by atoms with Crippen molar-refractivity contribution in [2.24, 2.45) is 12.2 Å². The van der Waals surface area contributed by atoms with Gasteiger partial charge in [-0.3, -0.25) is 4.68 Å². The molecule has 0 aliphatic heterocycles. The summed E-state index contributed by atoms with van der Waals surface area (Å²) in [5.74, 6) is 0.537. The highest BCUT2D eigenvalue weighted by atomic mass is 16.4. The van der Waals surface area contributed by atoms with E-state index in [9.17, 15) is 0 Å². The van der Waals surface area contributed by atoms with E-state index >= 15 is 0 Å². The molecule has 4 nitrogen and oxygen atoms in total. The van der Waals surface area contributed by atoms with E-state index in [1.165, 1.54) is 69.6 Å². The van der Waals surface area contributed by atoms with Crippen LogP contribution in [0.2, 0.25) is 0 Å². The Bertz CT molecular complexity index is 412. The number of rotatable bonds is 11. The van der Waals surface area contributed by atoms with E-state index in [0.29, 0.717) is 5.92 Å². The van der Waals surface area contributed by atoms with Crippen LogP contribution in [0, 0.1) is 0 Å². The molecule has 1 rings (SSSR count). The molecule has 120 valence electrons. The maximum Gasteiger partial charge on any atom is 0.0917 e. The number of hydrogen-bond acceptors (Lipinski definition) is 3. The van der Waals surface area contributed by atoms with Crippen LogP contribution in [0.15, 0.2) is 11.4 Å². The van der Waals surface area contributed by atoms with Crippen LogP contribution in [0.25, 0.3) is 0 Å². The monoisotopic (exact) mass is 293 g/mol. The van der Waals surface area contributed by atoms with Gasteiger partial charge in [0.15, 0.2) is 0 Å². The Morgan fingerprint density at radius 3 is 2.38 bits per heavy atom. The third kappa shape index (κ3) is 5.90. The average molecular weight is 293 g/mol. The van der Waals surface area contributed by atoms with E-state index in [4.69, 9.17) is 5.21 Å². The summed E-state index contributed by atoms with van der Waals surface area (Å²) in [5.41, 5.74) is 2.18. The first kappa shape index (κ1) is 17.7. The second-order valence-electron chi connectivity index (χ2n) is 5.90. The van der Waals surface area contributed by atoms with E-state index in [1.807, 2.05) is 13.2 Å². The lowest BCUT2D eigenvalue weighted by atomic mass is 9.88. The van der Waals surface area contributed by atoms with Gasteiger partial charge in [0.05, 0.1) is 18.1 Å². The summed E-state index contributed by atoms with van der Waals surface area (Å²) in [7, 11) is 1.90. The molecule has 0 bridgehead atoms. The topological polar surface area (TPSA) is 50.4 Å². The number of aromatic nitrogens is 2. The van der Waals surface area contributed by atoms with Gasteiger partial charge < -0.3 is 5.21 Å². The molecule has 0 aromatic carbocycles. The molecule has 4 heteroatoms. The summed E-state index contributed by atoms with van der Waals surface area (Å²) in [6.45, 7) is 4.49. The Labute approximate surface area is 129 Å². The molecule has 0 aliphatic rings. The molecule has 0 amide bonds. The van der Waals surface area contributed by atoms with Crippen molar-refractivity contribution in [3.63, 3.8) is 0 Å². The molecular weight excluding hydrogens is 262 g/mol. The summed E-state index contributed by atoms with van der Waals surface area (Å²) >= 11 is 0. The number of aryl methyl sites for hydroxylation is 1. The van der Waals surface area contributed by atoms with Crippen molar-refractivity contribution >= 4 is 6.21 Å². The van der Waals surface area contributed by atoms with E-state index in [0.717, 1.165) is 5.69 Å². The summed E-state index contributed by atoms with van der Waals surface area (Å²) in [6, 6.07) is 0. The molecule has 1 aromatic heterocycles. The Hall–Kier alpha value is -1.32. The summed E-state index contributed by atoms with van der Waals surface area (Å²) < 4.78 is 1.80. The molecule has 1 unspecified atom stereocenters. The highest BCUT2D eigenvalue weighted by molar-refractivity contribution is 5.79. The molecule has 1 atom stereocenters. The zero-order valence-corrected chi connectivity index (χ0v) is 13.9. The Kier molecular flexibility index (Phi) is 8.79. The number of nitrogens with zero attached hydrogens (tertiary/aromatic N) is 3. The van der Waals surface area contributed by atoms with Crippen molar-refractivity contribution in [3.8, 4) is 0 Å². The van der Waals surface area contributed by atoms with Crippen LogP contribution in [-0.4, -0.2) is 21.2 Å². The zero-order chi connectivity index (χ0) is 15.5. The van der Waals surface area contributed by atoms with E-state index in [2.05, 4.69) is 24.1 Å². The van der Waals surface area contributed by atoms with Gasteiger partial charge in [-0.05, 0) is 18.8 Å². The van der Waals surface area contributed by atoms with Gasteiger partial charge in [-0.15, -0.1) is 0 Å². The second kappa shape index (κ2) is 10.4. The summed E-state index contributed by atoms with van der Waals surface area (Å²) in [5, 5.41) is 16.4. The molecule has 0 saturated heterocycles. The Morgan fingerprint density at radius 2 is 1.76 bits per heavy atom. The highest BCUT2D eigenvalue weighted by Crippen LogP contribution is 2.30. The zero-order valence-electron chi connectivity index (χ0n) is 13.9. The molecule has 0 radical (unpaired) electrons. The van der Waals surface area contributed by atoms with Crippen molar-refractivity contribution in [1.82, 2.24) is 9.78 Å². The van der Waals surface area contributed by atoms with Crippen LogP contribution in [0.5, 0.6) is 0 Å². The van der Waals surface area contributed by atoms with Gasteiger partial charge in [-0.1, -0.05) is 63.9 Å². The standard InChI is InChI=1S/C17H31N3O/c1-4-6-8-10-12-15(11-9-7-5-2)16-13-18-20(3)17(16)14-19-21/h13-15,21H,4-12H2,1-3H3/b19-14+. The van der Waals surface area contributed by atoms with Crippen molar-refractivity contribution in [1.29, 1.82) is 0 Å². The van der Waals surface area contributed by atoms with Gasteiger partial charge in [0.2, 0.25) is 0 Å². The largest absolute Gasteiger partial charge is 0.411 e. The molecule has 1 heterocycles. The van der Waals surface area contributed by atoms with Gasteiger partial charge >= 0.3 is 0 Å². The van der Waals surface area contributed by atoms with Gasteiger partial charge in [-0.25, -0.2) is 0 Å². The highest BCUT2D eigenvalue weighted by Gasteiger charge is 2.17. The van der Waals surface area contributed by atoms with Gasteiger partial charge in [0.25, 0.3) is 0 Å². The first-order chi connectivity index (χ1) is 10.2. The second-order valence-corrected chi connectivity index (χ2v) is 5.90. The van der Waals surface area contributed by atoms with E-state index < -0.39 is 0 Å². The predicted molar refractivity (Wildman–Crippen MR) is 88.2 cm³/mol. The summed E-state index contributed by atoms with van der Waals surface area (Å²) in [6.07, 6.45) is 14.9. The molecule has 1 N–H and O–H groups in total. The minimum Gasteiger partial charge on any atom is -0.411 e. The van der Waals surface area contributed by atoms with Crippen LogP contribution in [0.4, 0.5) is 0 Å². The van der Waals surface area contributed by atoms with Crippen LogP contribution in [-0.2, 0) is 7.05 Å². The Morgan fingerprint density at radius 1 is 1.14 bits per heavy atom. The molecule has 0 saturated carbocycles. The smallest absolute Gasteiger partial charge is 0.0917 e. The predicted octanol–water partition coefficient (Wildman–Crippen LogP) is 4.86. The number of hydrogen-bond donors (Lipinski definition) is 1. The van der Waals surface area contributed by atoms with Crippen LogP contribution in [0.3, 0.4) is 0 Å². The first-order valence-corrected chi connectivity index (χ1v) is 8.43. The lowest BCUT2D eigenvalue weighted by Crippen LogP contribution is -2.05. The fourth-order valence-corrected chi connectivity index (χ4v) is 2.90. The fourth-order valence-electron chi connectivity index (χ4n) is 2.90. The minimum atomic E-state index is 0.537. The molecule has 0 spiro atoms. The first-order valence-electron chi connectivity index (χ1n) is 8.43.